The van der Waals surface area contributed by atoms with Gasteiger partial charge in [-0.1, -0.05) is 48.9 Å². The lowest BCUT2D eigenvalue weighted by Gasteiger charge is -2.13. The van der Waals surface area contributed by atoms with E-state index in [1.165, 1.54) is 6.07 Å². The van der Waals surface area contributed by atoms with Crippen LogP contribution in [0.1, 0.15) is 50.5 Å². The van der Waals surface area contributed by atoms with Crippen LogP contribution in [0.4, 0.5) is 4.39 Å². The predicted octanol–water partition coefficient (Wildman–Crippen LogP) is 5.91. The highest BCUT2D eigenvalue weighted by molar-refractivity contribution is 7.81. The van der Waals surface area contributed by atoms with Crippen molar-refractivity contribution in [1.82, 2.24) is 0 Å². The molecule has 0 saturated heterocycles. The highest BCUT2D eigenvalue weighted by atomic mass is 32.1. The topological polar surface area (TPSA) is 80.3 Å². The van der Waals surface area contributed by atoms with E-state index in [0.29, 0.717) is 55.8 Å². The quantitative estimate of drug-likeness (QED) is 0.0975. The van der Waals surface area contributed by atoms with Gasteiger partial charge in [-0.05, 0) is 49.1 Å². The largest absolute Gasteiger partial charge is 0.463 e. The van der Waals surface area contributed by atoms with Crippen LogP contribution in [0.3, 0.4) is 0 Å². The Morgan fingerprint density at radius 3 is 2.02 bits per heavy atom. The smallest absolute Gasteiger partial charge is 0.313 e. The summed E-state index contributed by atoms with van der Waals surface area (Å²) in [4.78, 5) is 24.1. The van der Waals surface area contributed by atoms with E-state index in [4.69, 9.17) is 23.7 Å². The van der Waals surface area contributed by atoms with Gasteiger partial charge in [-0.15, -0.1) is 0 Å². The summed E-state index contributed by atoms with van der Waals surface area (Å²) in [5.41, 5.74) is 1.83. The Balaban J connectivity index is 1.42. The van der Waals surface area contributed by atoms with Gasteiger partial charge in [-0.2, -0.15) is 25.3 Å². The van der Waals surface area contributed by atoms with Crippen LogP contribution in [0.5, 0.6) is 0 Å². The molecule has 2 aromatic carbocycles. The summed E-state index contributed by atoms with van der Waals surface area (Å²) < 4.78 is 41.3. The molecule has 0 fully saturated rings. The molecule has 7 nitrogen and oxygen atoms in total. The van der Waals surface area contributed by atoms with Crippen LogP contribution in [0.25, 0.3) is 11.1 Å². The van der Waals surface area contributed by atoms with Crippen LogP contribution < -0.4 is 0 Å². The van der Waals surface area contributed by atoms with E-state index in [1.54, 1.807) is 19.1 Å². The fraction of sp³-hybridized carbons (Fsp3) is 0.548. The molecular formula is C31H43FO7S2. The molecule has 2 aromatic rings. The molecule has 0 N–H and O–H groups in total. The van der Waals surface area contributed by atoms with Gasteiger partial charge in [-0.3, -0.25) is 9.59 Å². The van der Waals surface area contributed by atoms with Gasteiger partial charge in [0.15, 0.2) is 0 Å². The van der Waals surface area contributed by atoms with E-state index >= 15 is 0 Å². The molecule has 228 valence electrons. The first-order chi connectivity index (χ1) is 19.9. The molecule has 0 heterocycles. The standard InChI is InChI=1S/C31H43FO7S2/c1-24(26-11-12-28(29(32)23-26)25-7-3-2-4-8-25)31(34)39-21-19-37-17-15-35-14-16-36-18-20-38-30(33)10-6-5-9-27(41)13-22-40/h2-4,7-8,11-12,23-24,27,40-41H,5-6,9-10,13-22H2,1H3. The summed E-state index contributed by atoms with van der Waals surface area (Å²) in [7, 11) is 0. The molecule has 0 bridgehead atoms. The number of unbranched alkanes of at least 4 members (excludes halogenated alkanes) is 1. The summed E-state index contributed by atoms with van der Waals surface area (Å²) in [5, 5.41) is 0.342. The molecule has 0 aromatic heterocycles. The molecule has 10 heteroatoms. The fourth-order valence-corrected chi connectivity index (χ4v) is 4.71. The van der Waals surface area contributed by atoms with Crippen LogP contribution in [0.2, 0.25) is 0 Å². The van der Waals surface area contributed by atoms with Crippen molar-refractivity contribution in [3.63, 3.8) is 0 Å². The van der Waals surface area contributed by atoms with Crippen molar-refractivity contribution >= 4 is 37.2 Å². The average molecular weight is 611 g/mol. The lowest BCUT2D eigenvalue weighted by atomic mass is 9.97. The summed E-state index contributed by atoms with van der Waals surface area (Å²) in [5.74, 6) is -0.800. The Hall–Kier alpha value is -2.11. The molecule has 2 rings (SSSR count). The minimum absolute atomic E-state index is 0.0986. The third-order valence-corrected chi connectivity index (χ3v) is 7.04. The molecule has 0 aliphatic rings. The molecule has 0 radical (unpaired) electrons. The maximum Gasteiger partial charge on any atom is 0.313 e. The van der Waals surface area contributed by atoms with E-state index in [2.05, 4.69) is 25.3 Å². The molecule has 2 unspecified atom stereocenters. The van der Waals surface area contributed by atoms with Gasteiger partial charge in [0.1, 0.15) is 19.0 Å². The summed E-state index contributed by atoms with van der Waals surface area (Å²) >= 11 is 8.67. The van der Waals surface area contributed by atoms with E-state index in [-0.39, 0.29) is 31.6 Å². The number of halogens is 1. The average Bonchev–Trinajstić information content (AvgIpc) is 2.97. The van der Waals surface area contributed by atoms with Crippen molar-refractivity contribution in [2.75, 3.05) is 58.6 Å². The number of esters is 2. The van der Waals surface area contributed by atoms with Gasteiger partial charge in [0.2, 0.25) is 0 Å². The van der Waals surface area contributed by atoms with Crippen molar-refractivity contribution in [2.45, 2.75) is 50.2 Å². The second-order valence-electron chi connectivity index (χ2n) is 9.46. The monoisotopic (exact) mass is 610 g/mol. The maximum atomic E-state index is 14.6. The normalized spacial score (nSPS) is 12.6. The third kappa shape index (κ3) is 15.1. The van der Waals surface area contributed by atoms with Gasteiger partial charge in [0, 0.05) is 17.2 Å². The second kappa shape index (κ2) is 21.6. The SMILES string of the molecule is CC(C(=O)OCCOCCOCCOCCOC(=O)CCCCC(S)CCS)c1ccc(-c2ccccc2)c(F)c1. The molecule has 0 amide bonds. The molecular weight excluding hydrogens is 567 g/mol. The Morgan fingerprint density at radius 1 is 0.805 bits per heavy atom. The maximum absolute atomic E-state index is 14.6. The predicted molar refractivity (Wildman–Crippen MR) is 164 cm³/mol. The second-order valence-corrected chi connectivity index (χ2v) is 10.6. The number of hydrogen-bond donors (Lipinski definition) is 2. The number of carbonyl (C=O) groups excluding carboxylic acids is 2. The van der Waals surface area contributed by atoms with E-state index in [9.17, 15) is 14.0 Å². The zero-order valence-corrected chi connectivity index (χ0v) is 25.6. The molecule has 0 aliphatic carbocycles. The number of benzene rings is 2. The first kappa shape index (κ1) is 35.1. The van der Waals surface area contributed by atoms with Crippen LogP contribution in [0, 0.1) is 5.82 Å². The Bertz CT molecular complexity index is 1010. The number of thiol groups is 2. The van der Waals surface area contributed by atoms with Crippen molar-refractivity contribution in [3.8, 4) is 11.1 Å². The van der Waals surface area contributed by atoms with E-state index < -0.39 is 11.9 Å². The molecule has 41 heavy (non-hydrogen) atoms. The molecule has 2 atom stereocenters. The zero-order valence-electron chi connectivity index (χ0n) is 23.8. The number of ether oxygens (including phenoxy) is 5. The molecule has 0 saturated carbocycles. The highest BCUT2D eigenvalue weighted by Gasteiger charge is 2.18. The Kier molecular flexibility index (Phi) is 18.5. The number of carbonyl (C=O) groups is 2. The van der Waals surface area contributed by atoms with Crippen LogP contribution >= 0.6 is 25.3 Å². The molecule has 0 aliphatic heterocycles. The van der Waals surface area contributed by atoms with Crippen LogP contribution in [-0.2, 0) is 33.3 Å². The van der Waals surface area contributed by atoms with Gasteiger partial charge in [0.25, 0.3) is 0 Å². The summed E-state index contributed by atoms with van der Waals surface area (Å²) in [6.45, 7) is 4.05. The molecule has 0 spiro atoms. The van der Waals surface area contributed by atoms with Gasteiger partial charge < -0.3 is 23.7 Å². The van der Waals surface area contributed by atoms with Crippen molar-refractivity contribution < 1.29 is 37.7 Å². The number of hydrogen-bond acceptors (Lipinski definition) is 9. The fourth-order valence-electron chi connectivity index (χ4n) is 3.89. The minimum Gasteiger partial charge on any atom is -0.463 e. The zero-order chi connectivity index (χ0) is 29.7. The van der Waals surface area contributed by atoms with Crippen molar-refractivity contribution in [1.29, 1.82) is 0 Å². The lowest BCUT2D eigenvalue weighted by molar-refractivity contribution is -0.147. The first-order valence-corrected chi connectivity index (χ1v) is 15.3. The van der Waals surface area contributed by atoms with Gasteiger partial charge in [0.05, 0.1) is 45.6 Å². The van der Waals surface area contributed by atoms with Gasteiger partial charge in [-0.25, -0.2) is 4.39 Å². The van der Waals surface area contributed by atoms with Crippen molar-refractivity contribution in [3.05, 3.63) is 59.9 Å². The van der Waals surface area contributed by atoms with Gasteiger partial charge >= 0.3 is 11.9 Å². The van der Waals surface area contributed by atoms with E-state index in [1.807, 2.05) is 30.3 Å². The Labute approximate surface area is 254 Å². The first-order valence-electron chi connectivity index (χ1n) is 14.1. The highest BCUT2D eigenvalue weighted by Crippen LogP contribution is 2.26. The third-order valence-electron chi connectivity index (χ3n) is 6.27. The van der Waals surface area contributed by atoms with Crippen LogP contribution in [-0.4, -0.2) is 75.8 Å². The lowest BCUT2D eigenvalue weighted by Crippen LogP contribution is -2.18. The minimum atomic E-state index is -0.597. The number of rotatable bonds is 22. The van der Waals surface area contributed by atoms with Crippen LogP contribution in [0.15, 0.2) is 48.5 Å². The Morgan fingerprint density at radius 2 is 1.41 bits per heavy atom. The van der Waals surface area contributed by atoms with E-state index in [0.717, 1.165) is 37.0 Å². The summed E-state index contributed by atoms with van der Waals surface area (Å²) in [6.07, 6.45) is 4.11. The summed E-state index contributed by atoms with van der Waals surface area (Å²) in [6, 6.07) is 14.1. The van der Waals surface area contributed by atoms with Crippen molar-refractivity contribution in [2.24, 2.45) is 0 Å².